The summed E-state index contributed by atoms with van der Waals surface area (Å²) in [6.45, 7) is 0. The quantitative estimate of drug-likeness (QED) is 0.591. The van der Waals surface area contributed by atoms with Crippen molar-refractivity contribution in [2.24, 2.45) is 5.73 Å². The molecule has 2 aromatic heterocycles. The third-order valence-corrected chi connectivity index (χ3v) is 2.30. The Morgan fingerprint density at radius 2 is 1.84 bits per heavy atom. The highest BCUT2D eigenvalue weighted by Crippen LogP contribution is 2.09. The van der Waals surface area contributed by atoms with Gasteiger partial charge in [-0.05, 0) is 12.1 Å². The standard InChI is InChI=1S/C7H7NO.C5H5N5/c8-7(9)6-4-2-1-3-5-6;6-4-3-5(9-1-7-3)10-2-8-4/h1-5H,(H2,8,9);1-2H,(H3,6,7,8,9,10). The zero-order valence-electron chi connectivity index (χ0n) is 9.95. The van der Waals surface area contributed by atoms with Crippen molar-refractivity contribution in [2.45, 2.75) is 0 Å². The van der Waals surface area contributed by atoms with E-state index in [1.54, 1.807) is 24.3 Å². The Hall–Kier alpha value is -2.96. The van der Waals surface area contributed by atoms with E-state index in [0.717, 1.165) is 0 Å². The van der Waals surface area contributed by atoms with Gasteiger partial charge in [-0.25, -0.2) is 15.0 Å². The van der Waals surface area contributed by atoms with Crippen LogP contribution in [0.1, 0.15) is 10.4 Å². The molecular formula is C12H12N6O. The maximum Gasteiger partial charge on any atom is 0.248 e. The lowest BCUT2D eigenvalue weighted by atomic mass is 10.2. The smallest absolute Gasteiger partial charge is 0.248 e. The summed E-state index contributed by atoms with van der Waals surface area (Å²) in [4.78, 5) is 24.8. The molecule has 7 heteroatoms. The van der Waals surface area contributed by atoms with E-state index in [4.69, 9.17) is 11.5 Å². The van der Waals surface area contributed by atoms with Crippen LogP contribution in [0.3, 0.4) is 0 Å². The summed E-state index contributed by atoms with van der Waals surface area (Å²) in [5.41, 5.74) is 12.3. The molecule has 0 atom stereocenters. The summed E-state index contributed by atoms with van der Waals surface area (Å²) < 4.78 is 0. The SMILES string of the molecule is NC(=O)c1ccccc1.Nc1ncnc2[nH]cnc12. The number of nitrogens with one attached hydrogen (secondary N) is 1. The minimum atomic E-state index is -0.379. The summed E-state index contributed by atoms with van der Waals surface area (Å²) >= 11 is 0. The van der Waals surface area contributed by atoms with Gasteiger partial charge in [-0.1, -0.05) is 18.2 Å². The number of primary amides is 1. The zero-order chi connectivity index (χ0) is 13.7. The zero-order valence-corrected chi connectivity index (χ0v) is 9.95. The molecule has 0 radical (unpaired) electrons. The number of nitrogens with two attached hydrogens (primary N) is 2. The molecule has 1 aromatic carbocycles. The highest BCUT2D eigenvalue weighted by molar-refractivity contribution is 5.92. The number of carbonyl (C=O) groups is 1. The number of hydrogen-bond acceptors (Lipinski definition) is 5. The molecule has 5 N–H and O–H groups in total. The number of carbonyl (C=O) groups excluding carboxylic acids is 1. The van der Waals surface area contributed by atoms with E-state index in [1.807, 2.05) is 6.07 Å². The van der Waals surface area contributed by atoms with Gasteiger partial charge in [0.1, 0.15) is 11.8 Å². The average molecular weight is 256 g/mol. The van der Waals surface area contributed by atoms with E-state index in [1.165, 1.54) is 12.7 Å². The number of aromatic nitrogens is 4. The first kappa shape index (κ1) is 12.5. The van der Waals surface area contributed by atoms with E-state index in [-0.39, 0.29) is 5.91 Å². The average Bonchev–Trinajstić information content (AvgIpc) is 2.90. The molecule has 0 unspecified atom stereocenters. The Balaban J connectivity index is 0.000000141. The second-order valence-electron chi connectivity index (χ2n) is 3.59. The van der Waals surface area contributed by atoms with Crippen molar-refractivity contribution >= 4 is 22.9 Å². The van der Waals surface area contributed by atoms with Crippen molar-refractivity contribution in [1.82, 2.24) is 19.9 Å². The van der Waals surface area contributed by atoms with Gasteiger partial charge in [-0.15, -0.1) is 0 Å². The van der Waals surface area contributed by atoms with E-state index >= 15 is 0 Å². The van der Waals surface area contributed by atoms with Gasteiger partial charge in [-0.3, -0.25) is 4.79 Å². The van der Waals surface area contributed by atoms with E-state index < -0.39 is 0 Å². The molecule has 1 amide bonds. The van der Waals surface area contributed by atoms with Gasteiger partial charge in [0.05, 0.1) is 6.33 Å². The maximum atomic E-state index is 10.4. The molecule has 0 aliphatic heterocycles. The Morgan fingerprint density at radius 3 is 2.42 bits per heavy atom. The number of imidazole rings is 1. The van der Waals surface area contributed by atoms with Gasteiger partial charge >= 0.3 is 0 Å². The molecule has 0 aliphatic carbocycles. The monoisotopic (exact) mass is 256 g/mol. The number of hydrogen-bond donors (Lipinski definition) is 3. The van der Waals surface area contributed by atoms with Crippen LogP contribution in [0.5, 0.6) is 0 Å². The van der Waals surface area contributed by atoms with Crippen LogP contribution >= 0.6 is 0 Å². The van der Waals surface area contributed by atoms with Crippen molar-refractivity contribution in [3.05, 3.63) is 48.5 Å². The number of rotatable bonds is 1. The number of nitrogen functional groups attached to an aromatic ring is 1. The van der Waals surface area contributed by atoms with Crippen molar-refractivity contribution in [3.63, 3.8) is 0 Å². The minimum absolute atomic E-state index is 0.379. The van der Waals surface area contributed by atoms with Crippen LogP contribution < -0.4 is 11.5 Å². The van der Waals surface area contributed by atoms with Crippen molar-refractivity contribution < 1.29 is 4.79 Å². The van der Waals surface area contributed by atoms with Crippen molar-refractivity contribution in [2.75, 3.05) is 5.73 Å². The van der Waals surface area contributed by atoms with Gasteiger partial charge < -0.3 is 16.5 Å². The number of aromatic amines is 1. The van der Waals surface area contributed by atoms with Crippen LogP contribution in [-0.2, 0) is 0 Å². The third-order valence-electron chi connectivity index (χ3n) is 2.30. The normalized spacial score (nSPS) is 9.68. The second kappa shape index (κ2) is 5.58. The summed E-state index contributed by atoms with van der Waals surface area (Å²) in [7, 11) is 0. The predicted molar refractivity (Wildman–Crippen MR) is 71.1 cm³/mol. The summed E-state index contributed by atoms with van der Waals surface area (Å²) in [5, 5.41) is 0. The van der Waals surface area contributed by atoms with Crippen molar-refractivity contribution in [3.8, 4) is 0 Å². The topological polar surface area (TPSA) is 124 Å². The highest BCUT2D eigenvalue weighted by atomic mass is 16.1. The highest BCUT2D eigenvalue weighted by Gasteiger charge is 1.99. The number of nitrogens with zero attached hydrogens (tertiary/aromatic N) is 3. The van der Waals surface area contributed by atoms with Crippen LogP contribution in [0.25, 0.3) is 11.2 Å². The van der Waals surface area contributed by atoms with Crippen LogP contribution in [0.4, 0.5) is 5.82 Å². The number of anilines is 1. The first-order valence-corrected chi connectivity index (χ1v) is 5.43. The van der Waals surface area contributed by atoms with Crippen LogP contribution in [0, 0.1) is 0 Å². The molecule has 96 valence electrons. The summed E-state index contributed by atoms with van der Waals surface area (Å²) in [6, 6.07) is 8.76. The lowest BCUT2D eigenvalue weighted by Crippen LogP contribution is -2.09. The molecule has 0 bridgehead atoms. The van der Waals surface area contributed by atoms with Gasteiger partial charge in [0.2, 0.25) is 5.91 Å². The van der Waals surface area contributed by atoms with Crippen LogP contribution in [0.2, 0.25) is 0 Å². The van der Waals surface area contributed by atoms with Crippen LogP contribution in [0.15, 0.2) is 43.0 Å². The molecule has 3 rings (SSSR count). The fraction of sp³-hybridized carbons (Fsp3) is 0. The fourth-order valence-corrected chi connectivity index (χ4v) is 1.39. The largest absolute Gasteiger partial charge is 0.382 e. The molecule has 0 aliphatic rings. The number of H-pyrrole nitrogens is 1. The molecule has 0 fully saturated rings. The Labute approximate surface area is 108 Å². The minimum Gasteiger partial charge on any atom is -0.382 e. The molecule has 19 heavy (non-hydrogen) atoms. The molecule has 3 aromatic rings. The lowest BCUT2D eigenvalue weighted by molar-refractivity contribution is 0.100. The summed E-state index contributed by atoms with van der Waals surface area (Å²) in [6.07, 6.45) is 2.94. The van der Waals surface area contributed by atoms with Crippen molar-refractivity contribution in [1.29, 1.82) is 0 Å². The molecule has 2 heterocycles. The predicted octanol–water partition coefficient (Wildman–Crippen LogP) is 0.721. The van der Waals surface area contributed by atoms with Gasteiger partial charge in [0.15, 0.2) is 11.5 Å². The number of benzene rings is 1. The van der Waals surface area contributed by atoms with E-state index in [2.05, 4.69) is 19.9 Å². The number of amides is 1. The van der Waals surface area contributed by atoms with Gasteiger partial charge in [0, 0.05) is 5.56 Å². The number of fused-ring (bicyclic) bond motifs is 1. The lowest BCUT2D eigenvalue weighted by Gasteiger charge is -1.89. The molecular weight excluding hydrogens is 244 g/mol. The second-order valence-corrected chi connectivity index (χ2v) is 3.59. The third kappa shape index (κ3) is 3.03. The first-order chi connectivity index (χ1) is 9.18. The summed E-state index contributed by atoms with van der Waals surface area (Å²) in [5.74, 6) is 0.0295. The van der Waals surface area contributed by atoms with Gasteiger partial charge in [0.25, 0.3) is 0 Å². The Kier molecular flexibility index (Phi) is 3.67. The molecule has 0 spiro atoms. The molecule has 0 saturated carbocycles. The first-order valence-electron chi connectivity index (χ1n) is 5.43. The molecule has 7 nitrogen and oxygen atoms in total. The fourth-order valence-electron chi connectivity index (χ4n) is 1.39. The Bertz CT molecular complexity index is 679. The van der Waals surface area contributed by atoms with E-state index in [0.29, 0.717) is 22.5 Å². The van der Waals surface area contributed by atoms with Gasteiger partial charge in [-0.2, -0.15) is 0 Å². The molecule has 0 saturated heterocycles. The van der Waals surface area contributed by atoms with Crippen LogP contribution in [-0.4, -0.2) is 25.8 Å². The maximum absolute atomic E-state index is 10.4. The van der Waals surface area contributed by atoms with E-state index in [9.17, 15) is 4.79 Å². The Morgan fingerprint density at radius 1 is 1.11 bits per heavy atom.